The van der Waals surface area contributed by atoms with Gasteiger partial charge >= 0.3 is 25.7 Å². The highest BCUT2D eigenvalue weighted by molar-refractivity contribution is 7.48. The van der Waals surface area contributed by atoms with Crippen LogP contribution in [-0.2, 0) is 18.1 Å². The minimum atomic E-state index is -3.40. The summed E-state index contributed by atoms with van der Waals surface area (Å²) in [5, 5.41) is 25.9. The molecule has 0 fully saturated rings. The zero-order chi connectivity index (χ0) is 33.1. The minimum absolute atomic E-state index is 0.266. The second-order valence-electron chi connectivity index (χ2n) is 10.9. The number of unbranched alkanes of at least 4 members (excludes halogenated alkanes) is 15. The van der Waals surface area contributed by atoms with Crippen LogP contribution in [0.4, 0.5) is 0 Å². The lowest BCUT2D eigenvalue weighted by molar-refractivity contribution is 0.0649. The minimum Gasteiger partial charge on any atom is -0.478 e. The quantitative estimate of drug-likeness (QED) is 0.0622. The molecule has 1 rings (SSSR count). The molecule has 3 N–H and O–H groups in total. The monoisotopic (exact) mass is 644 g/mol. The molecule has 0 atom stereocenters. The average molecular weight is 645 g/mol. The van der Waals surface area contributed by atoms with Crippen molar-refractivity contribution in [3.63, 3.8) is 0 Å². The standard InChI is InChI=1S/C24H51O4P.C9H6O6/c1-4-7-10-13-16-19-22-26-29(25,27-23-20-17-14-11-8-5-2)28-24-21-18-15-12-9-6-3;10-7(11)4-1-2-5(8(12)13)6(3-4)9(14)15/h4-24H2,1-3H3;1-3H,(H,10,11)(H,12,13)(H,14,15). The molecule has 0 saturated carbocycles. The summed E-state index contributed by atoms with van der Waals surface area (Å²) in [4.78, 5) is 31.8. The number of benzene rings is 1. The number of carboxylic acid groups (broad SMARTS) is 3. The predicted molar refractivity (Wildman–Crippen MR) is 173 cm³/mol. The summed E-state index contributed by atoms with van der Waals surface area (Å²) in [7, 11) is -3.40. The fraction of sp³-hybridized carbons (Fsp3) is 0.727. The summed E-state index contributed by atoms with van der Waals surface area (Å²) in [6, 6.07) is 2.81. The van der Waals surface area contributed by atoms with Crippen LogP contribution in [0, 0.1) is 0 Å². The van der Waals surface area contributed by atoms with Gasteiger partial charge in [-0.2, -0.15) is 0 Å². The summed E-state index contributed by atoms with van der Waals surface area (Å²) in [6.45, 7) is 8.08. The highest BCUT2D eigenvalue weighted by Gasteiger charge is 2.26. The van der Waals surface area contributed by atoms with Crippen molar-refractivity contribution in [2.45, 2.75) is 136 Å². The zero-order valence-corrected chi connectivity index (χ0v) is 28.1. The topological polar surface area (TPSA) is 157 Å². The molecule has 44 heavy (non-hydrogen) atoms. The van der Waals surface area contributed by atoms with E-state index in [1.165, 1.54) is 77.0 Å². The SMILES string of the molecule is CCCCCCCCOP(=O)(OCCCCCCCC)OCCCCCCCC.O=C(O)c1ccc(C(=O)O)c(C(=O)O)c1. The second kappa shape index (κ2) is 27.1. The molecular weight excluding hydrogens is 587 g/mol. The molecule has 0 bridgehead atoms. The molecule has 1 aromatic rings. The number of rotatable bonds is 27. The maximum atomic E-state index is 13.0. The highest BCUT2D eigenvalue weighted by atomic mass is 31.2. The van der Waals surface area contributed by atoms with Crippen LogP contribution in [0.5, 0.6) is 0 Å². The van der Waals surface area contributed by atoms with Crippen molar-refractivity contribution in [2.24, 2.45) is 0 Å². The van der Waals surface area contributed by atoms with E-state index in [2.05, 4.69) is 20.8 Å². The first-order chi connectivity index (χ1) is 21.1. The second-order valence-corrected chi connectivity index (χ2v) is 12.6. The smallest absolute Gasteiger partial charge is 0.474 e. The third-order valence-corrected chi connectivity index (χ3v) is 8.47. The van der Waals surface area contributed by atoms with E-state index in [1.807, 2.05) is 0 Å². The Kier molecular flexibility index (Phi) is 25.7. The fourth-order valence-electron chi connectivity index (χ4n) is 4.33. The molecule has 0 aliphatic heterocycles. The van der Waals surface area contributed by atoms with Crippen molar-refractivity contribution >= 4 is 25.7 Å². The van der Waals surface area contributed by atoms with Crippen LogP contribution in [0.15, 0.2) is 18.2 Å². The van der Waals surface area contributed by atoms with Gasteiger partial charge < -0.3 is 15.3 Å². The molecular formula is C33H57O10P. The Bertz CT molecular complexity index is 914. The lowest BCUT2D eigenvalue weighted by atomic mass is 10.0. The van der Waals surface area contributed by atoms with Crippen LogP contribution in [0.25, 0.3) is 0 Å². The van der Waals surface area contributed by atoms with Gasteiger partial charge in [0.15, 0.2) is 0 Å². The van der Waals surface area contributed by atoms with E-state index in [-0.39, 0.29) is 5.56 Å². The number of hydrogen-bond donors (Lipinski definition) is 3. The van der Waals surface area contributed by atoms with Crippen LogP contribution in [0.2, 0.25) is 0 Å². The highest BCUT2D eigenvalue weighted by Crippen LogP contribution is 2.50. The van der Waals surface area contributed by atoms with Gasteiger partial charge in [0.05, 0.1) is 36.5 Å². The van der Waals surface area contributed by atoms with Crippen LogP contribution >= 0.6 is 7.82 Å². The maximum absolute atomic E-state index is 13.0. The van der Waals surface area contributed by atoms with Gasteiger partial charge in [-0.1, -0.05) is 117 Å². The molecule has 0 heterocycles. The Morgan fingerprint density at radius 1 is 0.523 bits per heavy atom. The van der Waals surface area contributed by atoms with E-state index in [4.69, 9.17) is 28.9 Å². The van der Waals surface area contributed by atoms with Gasteiger partial charge in [-0.3, -0.25) is 13.6 Å². The molecule has 254 valence electrons. The number of carbonyl (C=O) groups is 3. The molecule has 0 saturated heterocycles. The number of phosphoric acid groups is 1. The first-order valence-corrected chi connectivity index (χ1v) is 17.9. The van der Waals surface area contributed by atoms with Crippen LogP contribution < -0.4 is 0 Å². The first-order valence-electron chi connectivity index (χ1n) is 16.5. The number of phosphoric ester groups is 1. The van der Waals surface area contributed by atoms with E-state index < -0.39 is 36.9 Å². The molecule has 0 aliphatic rings. The zero-order valence-electron chi connectivity index (χ0n) is 27.2. The Labute approximate surface area is 264 Å². The van der Waals surface area contributed by atoms with E-state index in [0.717, 1.165) is 56.7 Å². The number of carboxylic acids is 3. The van der Waals surface area contributed by atoms with Crippen molar-refractivity contribution in [3.05, 3.63) is 34.9 Å². The predicted octanol–water partition coefficient (Wildman–Crippen LogP) is 10.0. The van der Waals surface area contributed by atoms with E-state index >= 15 is 0 Å². The lowest BCUT2D eigenvalue weighted by Gasteiger charge is -2.18. The van der Waals surface area contributed by atoms with Gasteiger partial charge in [0.25, 0.3) is 0 Å². The van der Waals surface area contributed by atoms with Crippen molar-refractivity contribution in [2.75, 3.05) is 19.8 Å². The van der Waals surface area contributed by atoms with Gasteiger partial charge in [-0.05, 0) is 37.5 Å². The Morgan fingerprint density at radius 3 is 1.18 bits per heavy atom. The fourth-order valence-corrected chi connectivity index (χ4v) is 5.61. The van der Waals surface area contributed by atoms with Crippen molar-refractivity contribution < 1.29 is 47.8 Å². The molecule has 0 aromatic heterocycles. The Hall–Kier alpha value is -2.26. The Morgan fingerprint density at radius 2 is 0.864 bits per heavy atom. The molecule has 1 aromatic carbocycles. The van der Waals surface area contributed by atoms with Crippen molar-refractivity contribution in [3.8, 4) is 0 Å². The van der Waals surface area contributed by atoms with Crippen LogP contribution in [0.1, 0.15) is 167 Å². The average Bonchev–Trinajstić information content (AvgIpc) is 2.99. The molecule has 11 heteroatoms. The van der Waals surface area contributed by atoms with Gasteiger partial charge in [0.1, 0.15) is 0 Å². The molecule has 0 spiro atoms. The van der Waals surface area contributed by atoms with E-state index in [9.17, 15) is 18.9 Å². The molecule has 10 nitrogen and oxygen atoms in total. The van der Waals surface area contributed by atoms with Crippen LogP contribution in [-0.4, -0.2) is 53.0 Å². The third-order valence-electron chi connectivity index (χ3n) is 6.97. The van der Waals surface area contributed by atoms with Crippen LogP contribution in [0.3, 0.4) is 0 Å². The summed E-state index contributed by atoms with van der Waals surface area (Å²) in [5.74, 6) is -4.20. The summed E-state index contributed by atoms with van der Waals surface area (Å²) < 4.78 is 29.9. The van der Waals surface area contributed by atoms with Crippen molar-refractivity contribution in [1.29, 1.82) is 0 Å². The Balaban J connectivity index is 0.00000103. The van der Waals surface area contributed by atoms with Gasteiger partial charge in [0, 0.05) is 0 Å². The number of aromatic carboxylic acids is 3. The van der Waals surface area contributed by atoms with Gasteiger partial charge in [-0.15, -0.1) is 0 Å². The van der Waals surface area contributed by atoms with Gasteiger partial charge in [0.2, 0.25) is 0 Å². The van der Waals surface area contributed by atoms with Gasteiger partial charge in [-0.25, -0.2) is 18.9 Å². The largest absolute Gasteiger partial charge is 0.478 e. The normalized spacial score (nSPS) is 11.2. The van der Waals surface area contributed by atoms with E-state index in [1.54, 1.807) is 0 Å². The molecule has 0 unspecified atom stereocenters. The lowest BCUT2D eigenvalue weighted by Crippen LogP contribution is -2.10. The summed E-state index contributed by atoms with van der Waals surface area (Å²) in [5.41, 5.74) is -1.24. The maximum Gasteiger partial charge on any atom is 0.474 e. The third kappa shape index (κ3) is 21.4. The molecule has 0 radical (unpaired) electrons. The van der Waals surface area contributed by atoms with Crippen molar-refractivity contribution in [1.82, 2.24) is 0 Å². The molecule has 0 amide bonds. The number of hydrogen-bond acceptors (Lipinski definition) is 7. The molecule has 0 aliphatic carbocycles. The first kappa shape index (κ1) is 41.7. The summed E-state index contributed by atoms with van der Waals surface area (Å²) in [6.07, 6.45) is 21.3. The summed E-state index contributed by atoms with van der Waals surface area (Å²) >= 11 is 0. The van der Waals surface area contributed by atoms with E-state index in [0.29, 0.717) is 19.8 Å².